The summed E-state index contributed by atoms with van der Waals surface area (Å²) in [4.78, 5) is 20.3. The van der Waals surface area contributed by atoms with E-state index in [1.165, 1.54) is 6.08 Å². The number of hydrogen-bond donors (Lipinski definition) is 1. The molecule has 5 nitrogen and oxygen atoms in total. The molecule has 1 N–H and O–H groups in total. The number of benzene rings is 1. The smallest absolute Gasteiger partial charge is 0.248 e. The molecule has 0 aliphatic carbocycles. The van der Waals surface area contributed by atoms with Crippen molar-refractivity contribution in [2.75, 3.05) is 5.32 Å². The fourth-order valence-corrected chi connectivity index (χ4v) is 2.12. The fraction of sp³-hybridized carbons (Fsp3) is 0.105. The third-order valence-electron chi connectivity index (χ3n) is 3.54. The number of aromatic nitrogens is 2. The number of carbonyl (C=O) groups is 1. The fourth-order valence-electron chi connectivity index (χ4n) is 2.12. The molecule has 3 aromatic rings. The third kappa shape index (κ3) is 3.76. The van der Waals surface area contributed by atoms with Crippen LogP contribution in [0.15, 0.2) is 59.3 Å². The van der Waals surface area contributed by atoms with E-state index < -0.39 is 0 Å². The summed E-state index contributed by atoms with van der Waals surface area (Å²) in [5, 5.41) is 2.81. The number of amides is 1. The van der Waals surface area contributed by atoms with Gasteiger partial charge in [0.2, 0.25) is 11.8 Å². The van der Waals surface area contributed by atoms with E-state index in [4.69, 9.17) is 4.42 Å². The van der Waals surface area contributed by atoms with Crippen LogP contribution in [0.1, 0.15) is 17.0 Å². The number of hydrogen-bond acceptors (Lipinski definition) is 4. The Kier molecular flexibility index (Phi) is 4.52. The largest absolute Gasteiger partial charge is 0.441 e. The van der Waals surface area contributed by atoms with Gasteiger partial charge in [-0.15, -0.1) is 0 Å². The van der Waals surface area contributed by atoms with E-state index in [0.29, 0.717) is 11.6 Å². The molecular formula is C19H17N3O2. The lowest BCUT2D eigenvalue weighted by Crippen LogP contribution is -2.07. The maximum atomic E-state index is 11.9. The number of anilines is 1. The van der Waals surface area contributed by atoms with E-state index in [9.17, 15) is 4.79 Å². The molecule has 0 unspecified atom stereocenters. The number of aryl methyl sites for hydroxylation is 2. The van der Waals surface area contributed by atoms with Gasteiger partial charge >= 0.3 is 0 Å². The molecule has 5 heteroatoms. The second kappa shape index (κ2) is 6.91. The highest BCUT2D eigenvalue weighted by Crippen LogP contribution is 2.22. The highest BCUT2D eigenvalue weighted by atomic mass is 16.4. The Bertz CT molecular complexity index is 846. The first-order valence-corrected chi connectivity index (χ1v) is 7.55. The summed E-state index contributed by atoms with van der Waals surface area (Å²) in [6.07, 6.45) is 6.58. The van der Waals surface area contributed by atoms with Gasteiger partial charge in [-0.05, 0) is 55.8 Å². The third-order valence-corrected chi connectivity index (χ3v) is 3.54. The summed E-state index contributed by atoms with van der Waals surface area (Å²) in [5.41, 5.74) is 3.33. The number of nitrogens with one attached hydrogen (secondary N) is 1. The van der Waals surface area contributed by atoms with Crippen LogP contribution in [0, 0.1) is 13.8 Å². The molecule has 0 saturated carbocycles. The molecule has 120 valence electrons. The van der Waals surface area contributed by atoms with Crippen molar-refractivity contribution in [3.63, 3.8) is 0 Å². The van der Waals surface area contributed by atoms with Gasteiger partial charge in [-0.3, -0.25) is 9.78 Å². The molecule has 1 amide bonds. The lowest BCUT2D eigenvalue weighted by atomic mass is 10.2. The molecule has 0 bridgehead atoms. The van der Waals surface area contributed by atoms with E-state index >= 15 is 0 Å². The Morgan fingerprint density at radius 1 is 1.17 bits per heavy atom. The maximum absolute atomic E-state index is 11.9. The summed E-state index contributed by atoms with van der Waals surface area (Å²) in [5.74, 6) is 1.19. The van der Waals surface area contributed by atoms with Crippen LogP contribution in [0.3, 0.4) is 0 Å². The van der Waals surface area contributed by atoms with Crippen LogP contribution in [-0.4, -0.2) is 15.9 Å². The van der Waals surface area contributed by atoms with Crippen LogP contribution in [0.4, 0.5) is 5.69 Å². The normalized spacial score (nSPS) is 10.9. The average Bonchev–Trinajstić information content (AvgIpc) is 2.94. The van der Waals surface area contributed by atoms with Crippen LogP contribution < -0.4 is 5.32 Å². The molecule has 0 radical (unpaired) electrons. The first-order chi connectivity index (χ1) is 11.6. The molecule has 0 atom stereocenters. The minimum absolute atomic E-state index is 0.200. The molecule has 2 heterocycles. The minimum Gasteiger partial charge on any atom is -0.441 e. The quantitative estimate of drug-likeness (QED) is 0.738. The van der Waals surface area contributed by atoms with E-state index in [0.717, 1.165) is 22.6 Å². The van der Waals surface area contributed by atoms with E-state index in [2.05, 4.69) is 15.3 Å². The molecule has 3 rings (SSSR count). The zero-order valence-electron chi connectivity index (χ0n) is 13.5. The van der Waals surface area contributed by atoms with Crippen LogP contribution in [0.5, 0.6) is 0 Å². The molecule has 0 saturated heterocycles. The van der Waals surface area contributed by atoms with Crippen molar-refractivity contribution >= 4 is 17.7 Å². The van der Waals surface area contributed by atoms with Crippen molar-refractivity contribution in [2.45, 2.75) is 13.8 Å². The summed E-state index contributed by atoms with van der Waals surface area (Å²) in [6, 6.07) is 11.1. The maximum Gasteiger partial charge on any atom is 0.248 e. The van der Waals surface area contributed by atoms with Crippen molar-refractivity contribution in [3.8, 4) is 11.5 Å². The Morgan fingerprint density at radius 2 is 1.96 bits per heavy atom. The predicted molar refractivity (Wildman–Crippen MR) is 93.3 cm³/mol. The van der Waals surface area contributed by atoms with Gasteiger partial charge in [-0.1, -0.05) is 6.07 Å². The predicted octanol–water partition coefficient (Wildman–Crippen LogP) is 4.01. The number of rotatable bonds is 4. The lowest BCUT2D eigenvalue weighted by molar-refractivity contribution is -0.111. The van der Waals surface area contributed by atoms with Gasteiger partial charge in [-0.2, -0.15) is 0 Å². The van der Waals surface area contributed by atoms with Crippen LogP contribution >= 0.6 is 0 Å². The number of oxazole rings is 1. The number of pyridine rings is 1. The summed E-state index contributed by atoms with van der Waals surface area (Å²) in [7, 11) is 0. The van der Waals surface area contributed by atoms with E-state index in [-0.39, 0.29) is 5.91 Å². The van der Waals surface area contributed by atoms with Gasteiger partial charge in [0.1, 0.15) is 5.76 Å². The number of nitrogens with zero attached hydrogens (tertiary/aromatic N) is 2. The summed E-state index contributed by atoms with van der Waals surface area (Å²) >= 11 is 0. The molecule has 0 aliphatic heterocycles. The van der Waals surface area contributed by atoms with E-state index in [1.54, 1.807) is 18.5 Å². The Hall–Kier alpha value is -3.21. The van der Waals surface area contributed by atoms with Crippen LogP contribution in [0.2, 0.25) is 0 Å². The zero-order chi connectivity index (χ0) is 16.9. The SMILES string of the molecule is Cc1nc(-c2ccc(NC(=O)C=Cc3cccnc3)cc2)oc1C. The van der Waals surface area contributed by atoms with Crippen molar-refractivity contribution < 1.29 is 9.21 Å². The Labute approximate surface area is 140 Å². The standard InChI is InChI=1S/C19H17N3O2/c1-13-14(2)24-19(21-13)16-6-8-17(9-7-16)22-18(23)10-5-15-4-3-11-20-12-15/h3-12H,1-2H3,(H,22,23). The Balaban J connectivity index is 1.65. The summed E-state index contributed by atoms with van der Waals surface area (Å²) in [6.45, 7) is 3.79. The zero-order valence-corrected chi connectivity index (χ0v) is 13.5. The highest BCUT2D eigenvalue weighted by molar-refractivity contribution is 6.01. The van der Waals surface area contributed by atoms with Crippen molar-refractivity contribution in [2.24, 2.45) is 0 Å². The molecule has 0 spiro atoms. The van der Waals surface area contributed by atoms with Gasteiger partial charge in [0.15, 0.2) is 0 Å². The van der Waals surface area contributed by atoms with Crippen LogP contribution in [-0.2, 0) is 4.79 Å². The van der Waals surface area contributed by atoms with Crippen molar-refractivity contribution in [1.82, 2.24) is 9.97 Å². The Morgan fingerprint density at radius 3 is 2.58 bits per heavy atom. The van der Waals surface area contributed by atoms with Crippen molar-refractivity contribution in [1.29, 1.82) is 0 Å². The molecular weight excluding hydrogens is 302 g/mol. The average molecular weight is 319 g/mol. The highest BCUT2D eigenvalue weighted by Gasteiger charge is 2.08. The first kappa shape index (κ1) is 15.7. The minimum atomic E-state index is -0.200. The lowest BCUT2D eigenvalue weighted by Gasteiger charge is -2.03. The van der Waals surface area contributed by atoms with Gasteiger partial charge in [-0.25, -0.2) is 4.98 Å². The topological polar surface area (TPSA) is 68.0 Å². The second-order valence-corrected chi connectivity index (χ2v) is 5.35. The molecule has 2 aromatic heterocycles. The monoisotopic (exact) mass is 319 g/mol. The second-order valence-electron chi connectivity index (χ2n) is 5.35. The first-order valence-electron chi connectivity index (χ1n) is 7.55. The van der Waals surface area contributed by atoms with Gasteiger partial charge < -0.3 is 9.73 Å². The number of carbonyl (C=O) groups excluding carboxylic acids is 1. The van der Waals surface area contributed by atoms with Gasteiger partial charge in [0.05, 0.1) is 5.69 Å². The van der Waals surface area contributed by atoms with Gasteiger partial charge in [0.25, 0.3) is 0 Å². The van der Waals surface area contributed by atoms with E-state index in [1.807, 2.05) is 50.2 Å². The molecule has 0 aliphatic rings. The summed E-state index contributed by atoms with van der Waals surface area (Å²) < 4.78 is 5.59. The molecule has 1 aromatic carbocycles. The molecule has 0 fully saturated rings. The molecule has 24 heavy (non-hydrogen) atoms. The van der Waals surface area contributed by atoms with Crippen molar-refractivity contribution in [3.05, 3.63) is 71.9 Å². The van der Waals surface area contributed by atoms with Crippen LogP contribution in [0.25, 0.3) is 17.5 Å². The van der Waals surface area contributed by atoms with Gasteiger partial charge in [0, 0.05) is 29.7 Å².